The minimum Gasteiger partial charge on any atom is -0.493 e. The Morgan fingerprint density at radius 3 is 2.37 bits per heavy atom. The van der Waals surface area contributed by atoms with Crippen LogP contribution in [0.15, 0.2) is 23.1 Å². The second-order valence-electron chi connectivity index (χ2n) is 7.79. The zero-order valence-electron chi connectivity index (χ0n) is 18.2. The van der Waals surface area contributed by atoms with Crippen molar-refractivity contribution in [1.29, 1.82) is 0 Å². The lowest BCUT2D eigenvalue weighted by Gasteiger charge is -2.40. The number of sulfonamides is 1. The van der Waals surface area contributed by atoms with Gasteiger partial charge in [0.2, 0.25) is 15.9 Å². The van der Waals surface area contributed by atoms with E-state index in [0.29, 0.717) is 37.7 Å². The SMILES string of the molecule is CCCN1CCCCC1C(=O)N1CCN(S(=O)(=O)c2ccc(OC)c(OC)c2)CC1. The number of likely N-dealkylation sites (tertiary alicyclic amines) is 1. The maximum absolute atomic E-state index is 13.1. The number of nitrogens with zero attached hydrogens (tertiary/aromatic N) is 3. The standard InChI is InChI=1S/C21H33N3O5S/c1-4-10-22-11-6-5-7-18(22)21(25)23-12-14-24(15-13-23)30(26,27)17-8-9-19(28-2)20(16-17)29-3/h8-9,16,18H,4-7,10-15H2,1-3H3. The number of carbonyl (C=O) groups is 1. The minimum absolute atomic E-state index is 0.0623. The maximum atomic E-state index is 13.1. The summed E-state index contributed by atoms with van der Waals surface area (Å²) in [7, 11) is -0.676. The van der Waals surface area contributed by atoms with E-state index < -0.39 is 10.0 Å². The van der Waals surface area contributed by atoms with Crippen LogP contribution in [0.2, 0.25) is 0 Å². The number of benzene rings is 1. The summed E-state index contributed by atoms with van der Waals surface area (Å²) in [5.74, 6) is 1.00. The van der Waals surface area contributed by atoms with Crippen molar-refractivity contribution in [2.45, 2.75) is 43.5 Å². The lowest BCUT2D eigenvalue weighted by molar-refractivity contribution is -0.139. The Morgan fingerprint density at radius 1 is 1.03 bits per heavy atom. The molecule has 1 aromatic rings. The van der Waals surface area contributed by atoms with Gasteiger partial charge in [0, 0.05) is 32.2 Å². The van der Waals surface area contributed by atoms with Crippen molar-refractivity contribution in [3.05, 3.63) is 18.2 Å². The monoisotopic (exact) mass is 439 g/mol. The predicted octanol–water partition coefficient (Wildman–Crippen LogP) is 1.80. The number of hydrogen-bond acceptors (Lipinski definition) is 6. The van der Waals surface area contributed by atoms with Crippen molar-refractivity contribution >= 4 is 15.9 Å². The van der Waals surface area contributed by atoms with Crippen LogP contribution < -0.4 is 9.47 Å². The van der Waals surface area contributed by atoms with Gasteiger partial charge >= 0.3 is 0 Å². The smallest absolute Gasteiger partial charge is 0.243 e. The molecule has 3 rings (SSSR count). The number of amides is 1. The molecule has 1 aromatic carbocycles. The van der Waals surface area contributed by atoms with Gasteiger partial charge in [-0.1, -0.05) is 13.3 Å². The first-order valence-corrected chi connectivity index (χ1v) is 12.1. The number of hydrogen-bond donors (Lipinski definition) is 0. The Balaban J connectivity index is 1.66. The Hall–Kier alpha value is -1.84. The number of carbonyl (C=O) groups excluding carboxylic acids is 1. The molecule has 0 saturated carbocycles. The van der Waals surface area contributed by atoms with Gasteiger partial charge in [0.25, 0.3) is 0 Å². The predicted molar refractivity (Wildman–Crippen MR) is 114 cm³/mol. The largest absolute Gasteiger partial charge is 0.493 e. The summed E-state index contributed by atoms with van der Waals surface area (Å²) in [6.45, 7) is 5.46. The first-order valence-electron chi connectivity index (χ1n) is 10.7. The van der Waals surface area contributed by atoms with Crippen LogP contribution in [-0.4, -0.2) is 88.0 Å². The van der Waals surface area contributed by atoms with Crippen LogP contribution in [0.3, 0.4) is 0 Å². The summed E-state index contributed by atoms with van der Waals surface area (Å²) in [5.41, 5.74) is 0. The first-order chi connectivity index (χ1) is 14.4. The Kier molecular flexibility index (Phi) is 7.60. The number of ether oxygens (including phenoxy) is 2. The normalized spacial score (nSPS) is 21.4. The number of methoxy groups -OCH3 is 2. The van der Waals surface area contributed by atoms with Crippen molar-refractivity contribution in [2.75, 3.05) is 53.5 Å². The highest BCUT2D eigenvalue weighted by molar-refractivity contribution is 7.89. The Labute approximate surface area is 179 Å². The fraction of sp³-hybridized carbons (Fsp3) is 0.667. The van der Waals surface area contributed by atoms with Crippen LogP contribution >= 0.6 is 0 Å². The van der Waals surface area contributed by atoms with Gasteiger partial charge in [0.05, 0.1) is 25.2 Å². The molecule has 0 radical (unpaired) electrons. The van der Waals surface area contributed by atoms with Crippen LogP contribution in [0.1, 0.15) is 32.6 Å². The summed E-state index contributed by atoms with van der Waals surface area (Å²) in [4.78, 5) is 17.4. The molecule has 0 N–H and O–H groups in total. The van der Waals surface area contributed by atoms with E-state index in [1.807, 2.05) is 4.90 Å². The van der Waals surface area contributed by atoms with E-state index in [-0.39, 0.29) is 16.8 Å². The maximum Gasteiger partial charge on any atom is 0.243 e. The van der Waals surface area contributed by atoms with E-state index >= 15 is 0 Å². The van der Waals surface area contributed by atoms with Crippen LogP contribution in [0.4, 0.5) is 0 Å². The van der Waals surface area contributed by atoms with Gasteiger partial charge in [-0.05, 0) is 44.5 Å². The van der Waals surface area contributed by atoms with Crippen molar-refractivity contribution in [1.82, 2.24) is 14.1 Å². The molecule has 0 aromatic heterocycles. The van der Waals surface area contributed by atoms with Crippen molar-refractivity contribution in [3.8, 4) is 11.5 Å². The van der Waals surface area contributed by atoms with Crippen LogP contribution in [0, 0.1) is 0 Å². The molecule has 0 spiro atoms. The fourth-order valence-corrected chi connectivity index (χ4v) is 5.75. The highest BCUT2D eigenvalue weighted by atomic mass is 32.2. The molecule has 8 nitrogen and oxygen atoms in total. The molecule has 2 heterocycles. The molecule has 0 bridgehead atoms. The highest BCUT2D eigenvalue weighted by Crippen LogP contribution is 2.31. The van der Waals surface area contributed by atoms with Gasteiger partial charge in [-0.3, -0.25) is 9.69 Å². The molecule has 2 aliphatic rings. The summed E-state index contributed by atoms with van der Waals surface area (Å²) in [6, 6.07) is 4.54. The van der Waals surface area contributed by atoms with Crippen molar-refractivity contribution in [2.24, 2.45) is 0 Å². The van der Waals surface area contributed by atoms with E-state index in [2.05, 4.69) is 11.8 Å². The van der Waals surface area contributed by atoms with Gasteiger partial charge in [-0.25, -0.2) is 8.42 Å². The average Bonchev–Trinajstić information content (AvgIpc) is 2.78. The molecule has 2 fully saturated rings. The molecular formula is C21H33N3O5S. The lowest BCUT2D eigenvalue weighted by atomic mass is 10.0. The Bertz CT molecular complexity index is 835. The third kappa shape index (κ3) is 4.73. The van der Waals surface area contributed by atoms with E-state index in [1.54, 1.807) is 6.07 Å². The van der Waals surface area contributed by atoms with Gasteiger partial charge in [0.1, 0.15) is 0 Å². The molecule has 1 unspecified atom stereocenters. The fourth-order valence-electron chi connectivity index (χ4n) is 4.31. The van der Waals surface area contributed by atoms with Gasteiger partial charge in [-0.15, -0.1) is 0 Å². The zero-order chi connectivity index (χ0) is 21.7. The van der Waals surface area contributed by atoms with E-state index in [4.69, 9.17) is 9.47 Å². The number of piperidine rings is 1. The quantitative estimate of drug-likeness (QED) is 0.645. The van der Waals surface area contributed by atoms with Gasteiger partial charge < -0.3 is 14.4 Å². The third-order valence-electron chi connectivity index (χ3n) is 5.95. The molecule has 1 atom stereocenters. The van der Waals surface area contributed by atoms with E-state index in [1.165, 1.54) is 30.7 Å². The zero-order valence-corrected chi connectivity index (χ0v) is 19.0. The lowest BCUT2D eigenvalue weighted by Crippen LogP contribution is -2.56. The average molecular weight is 440 g/mol. The van der Waals surface area contributed by atoms with Crippen molar-refractivity contribution in [3.63, 3.8) is 0 Å². The third-order valence-corrected chi connectivity index (χ3v) is 7.85. The Morgan fingerprint density at radius 2 is 1.73 bits per heavy atom. The molecule has 1 amide bonds. The van der Waals surface area contributed by atoms with Gasteiger partial charge in [-0.2, -0.15) is 4.31 Å². The topological polar surface area (TPSA) is 79.4 Å². The second kappa shape index (κ2) is 9.98. The van der Waals surface area contributed by atoms with Gasteiger partial charge in [0.15, 0.2) is 11.5 Å². The number of rotatable bonds is 7. The summed E-state index contributed by atoms with van der Waals surface area (Å²) in [6.07, 6.45) is 4.13. The first kappa shape index (κ1) is 22.8. The molecule has 2 aliphatic heterocycles. The van der Waals surface area contributed by atoms with E-state index in [0.717, 1.165) is 38.8 Å². The highest BCUT2D eigenvalue weighted by Gasteiger charge is 2.35. The van der Waals surface area contributed by atoms with Crippen molar-refractivity contribution < 1.29 is 22.7 Å². The molecule has 2 saturated heterocycles. The summed E-state index contributed by atoms with van der Waals surface area (Å²) >= 11 is 0. The molecule has 168 valence electrons. The number of piperazine rings is 1. The second-order valence-corrected chi connectivity index (χ2v) is 9.73. The molecule has 30 heavy (non-hydrogen) atoms. The van der Waals surface area contributed by atoms with Crippen LogP contribution in [0.5, 0.6) is 11.5 Å². The summed E-state index contributed by atoms with van der Waals surface area (Å²) < 4.78 is 38.1. The van der Waals surface area contributed by atoms with Crippen LogP contribution in [0.25, 0.3) is 0 Å². The summed E-state index contributed by atoms with van der Waals surface area (Å²) in [5, 5.41) is 0. The molecule has 0 aliphatic carbocycles. The van der Waals surface area contributed by atoms with E-state index in [9.17, 15) is 13.2 Å². The molecule has 9 heteroatoms. The van der Waals surface area contributed by atoms with Crippen LogP contribution in [-0.2, 0) is 14.8 Å². The minimum atomic E-state index is -3.66. The molecular weight excluding hydrogens is 406 g/mol.